The minimum absolute atomic E-state index is 0.0216. The highest BCUT2D eigenvalue weighted by Gasteiger charge is 2.33. The number of ether oxygens (including phenoxy) is 5. The standard InChI is InChI=1S/C18H22N2O6.C17H24N2O5/c1-2-3-17(22)25-11-15-10-20(18(23)26-15)14-6-4-13(5-7-14)19-8-9-24-12-16(19)21;1-2-3-17(22)24-11-15(20)10-18-13-4-6-14(7-5-13)19-8-9-23-12-16(19)21/h4-7,15H,2-3,8-12H2,1H3;4-7,15,18,20H,2-3,8-12H2,1H3/t2*15-/m11/s1. The number of anilines is 4. The number of hydrogen-bond donors (Lipinski definition) is 2. The summed E-state index contributed by atoms with van der Waals surface area (Å²) in [6.07, 6.45) is 0.430. The highest BCUT2D eigenvalue weighted by Crippen LogP contribution is 2.26. The van der Waals surface area contributed by atoms with Crippen molar-refractivity contribution in [3.05, 3.63) is 48.5 Å². The molecule has 15 heteroatoms. The first kappa shape index (κ1) is 38.1. The van der Waals surface area contributed by atoms with Crippen molar-refractivity contribution in [1.29, 1.82) is 0 Å². The minimum Gasteiger partial charge on any atom is -0.463 e. The van der Waals surface area contributed by atoms with Gasteiger partial charge in [-0.15, -0.1) is 0 Å². The Labute approximate surface area is 291 Å². The van der Waals surface area contributed by atoms with Crippen molar-refractivity contribution in [2.24, 2.45) is 0 Å². The van der Waals surface area contributed by atoms with Crippen LogP contribution in [0, 0.1) is 0 Å². The third-order valence-electron chi connectivity index (χ3n) is 7.81. The van der Waals surface area contributed by atoms with E-state index in [1.165, 1.54) is 4.90 Å². The van der Waals surface area contributed by atoms with Gasteiger partial charge in [0, 0.05) is 55.2 Å². The maximum absolute atomic E-state index is 12.1. The fourth-order valence-corrected chi connectivity index (χ4v) is 5.20. The minimum atomic E-state index is -0.772. The van der Waals surface area contributed by atoms with Crippen molar-refractivity contribution < 1.29 is 52.8 Å². The number of carbonyl (C=O) groups is 5. The number of rotatable bonds is 14. The molecule has 3 aliphatic heterocycles. The predicted octanol–water partition coefficient (Wildman–Crippen LogP) is 2.88. The molecule has 2 N–H and O–H groups in total. The van der Waals surface area contributed by atoms with E-state index in [0.717, 1.165) is 23.5 Å². The predicted molar refractivity (Wildman–Crippen MR) is 183 cm³/mol. The summed E-state index contributed by atoms with van der Waals surface area (Å²) < 4.78 is 25.6. The molecule has 0 saturated carbocycles. The number of morpholine rings is 2. The Hall–Kier alpha value is -4.73. The number of aliphatic hydroxyl groups is 1. The lowest BCUT2D eigenvalue weighted by atomic mass is 10.2. The first-order chi connectivity index (χ1) is 24.2. The van der Waals surface area contributed by atoms with Crippen LogP contribution in [0.2, 0.25) is 0 Å². The van der Waals surface area contributed by atoms with E-state index in [9.17, 15) is 29.1 Å². The van der Waals surface area contributed by atoms with E-state index in [4.69, 9.17) is 23.7 Å². The van der Waals surface area contributed by atoms with Crippen molar-refractivity contribution in [2.45, 2.75) is 51.7 Å². The number of hydrogen-bond acceptors (Lipinski definition) is 12. The Morgan fingerprint density at radius 2 is 1.30 bits per heavy atom. The first-order valence-corrected chi connectivity index (χ1v) is 16.9. The van der Waals surface area contributed by atoms with E-state index in [-0.39, 0.29) is 56.7 Å². The van der Waals surface area contributed by atoms with Gasteiger partial charge in [0.25, 0.3) is 11.8 Å². The molecule has 0 bridgehead atoms. The molecule has 272 valence electrons. The number of nitrogens with zero attached hydrogens (tertiary/aromatic N) is 3. The normalized spacial score (nSPS) is 18.2. The molecule has 0 aliphatic carbocycles. The molecule has 0 radical (unpaired) electrons. The van der Waals surface area contributed by atoms with Crippen LogP contribution in [0.3, 0.4) is 0 Å². The van der Waals surface area contributed by atoms with Crippen LogP contribution >= 0.6 is 0 Å². The molecule has 3 amide bonds. The summed E-state index contributed by atoms with van der Waals surface area (Å²) in [6, 6.07) is 14.5. The zero-order valence-electron chi connectivity index (χ0n) is 28.5. The molecule has 2 atom stereocenters. The molecule has 3 fully saturated rings. The summed E-state index contributed by atoms with van der Waals surface area (Å²) in [5.41, 5.74) is 3.07. The van der Waals surface area contributed by atoms with Gasteiger partial charge in [0.1, 0.15) is 32.5 Å². The molecule has 2 aromatic carbocycles. The maximum Gasteiger partial charge on any atom is 0.414 e. The summed E-state index contributed by atoms with van der Waals surface area (Å²) in [5.74, 6) is -0.720. The Morgan fingerprint density at radius 1 is 0.800 bits per heavy atom. The molecule has 3 heterocycles. The van der Waals surface area contributed by atoms with Gasteiger partial charge in [0.15, 0.2) is 6.10 Å². The Morgan fingerprint density at radius 3 is 1.82 bits per heavy atom. The van der Waals surface area contributed by atoms with E-state index in [0.29, 0.717) is 57.8 Å². The average Bonchev–Trinajstić information content (AvgIpc) is 3.50. The summed E-state index contributed by atoms with van der Waals surface area (Å²) in [6.45, 7) is 6.71. The Kier molecular flexibility index (Phi) is 14.8. The van der Waals surface area contributed by atoms with E-state index >= 15 is 0 Å². The van der Waals surface area contributed by atoms with Gasteiger partial charge in [-0.2, -0.15) is 0 Å². The summed E-state index contributed by atoms with van der Waals surface area (Å²) >= 11 is 0. The molecular formula is C35H46N4O11. The molecule has 3 saturated heterocycles. The van der Waals surface area contributed by atoms with Crippen molar-refractivity contribution in [2.75, 3.05) is 85.8 Å². The number of cyclic esters (lactones) is 1. The molecule has 2 aromatic rings. The highest BCUT2D eigenvalue weighted by molar-refractivity contribution is 5.96. The third-order valence-corrected chi connectivity index (χ3v) is 7.81. The second kappa shape index (κ2) is 19.5. The van der Waals surface area contributed by atoms with Gasteiger partial charge in [0.2, 0.25) is 0 Å². The number of aliphatic hydroxyl groups excluding tert-OH is 1. The van der Waals surface area contributed by atoms with Crippen LogP contribution in [-0.2, 0) is 42.9 Å². The van der Waals surface area contributed by atoms with Gasteiger partial charge in [0.05, 0.1) is 19.8 Å². The fraction of sp³-hybridized carbons (Fsp3) is 0.514. The maximum atomic E-state index is 12.1. The quantitative estimate of drug-likeness (QED) is 0.219. The summed E-state index contributed by atoms with van der Waals surface area (Å²) in [7, 11) is 0. The summed E-state index contributed by atoms with van der Waals surface area (Å²) in [5, 5.41) is 12.9. The highest BCUT2D eigenvalue weighted by atomic mass is 16.6. The SMILES string of the molecule is CCCC(=O)OC[C@H](O)CNc1ccc(N2CCOCC2=O)cc1.CCCC(=O)OC[C@H]1CN(c2ccc(N3CCOCC3=O)cc2)C(=O)O1. The number of benzene rings is 2. The lowest BCUT2D eigenvalue weighted by Crippen LogP contribution is -2.41. The number of nitrogens with one attached hydrogen (secondary N) is 1. The average molecular weight is 699 g/mol. The molecule has 0 unspecified atom stereocenters. The van der Waals surface area contributed by atoms with E-state index in [1.54, 1.807) is 34.1 Å². The largest absolute Gasteiger partial charge is 0.463 e. The van der Waals surface area contributed by atoms with Crippen molar-refractivity contribution >= 4 is 52.6 Å². The van der Waals surface area contributed by atoms with Gasteiger partial charge >= 0.3 is 18.0 Å². The van der Waals surface area contributed by atoms with Gasteiger partial charge in [-0.05, 0) is 61.4 Å². The van der Waals surface area contributed by atoms with Gasteiger partial charge in [-0.25, -0.2) is 4.79 Å². The molecule has 0 aromatic heterocycles. The Balaban J connectivity index is 0.000000226. The van der Waals surface area contributed by atoms with E-state index < -0.39 is 18.3 Å². The molecular weight excluding hydrogens is 652 g/mol. The lowest BCUT2D eigenvalue weighted by Gasteiger charge is -2.27. The van der Waals surface area contributed by atoms with Crippen LogP contribution in [0.15, 0.2) is 48.5 Å². The third kappa shape index (κ3) is 11.4. The number of amides is 3. The Bertz CT molecular complexity index is 1440. The van der Waals surface area contributed by atoms with Crippen LogP contribution in [0.5, 0.6) is 0 Å². The van der Waals surface area contributed by atoms with Crippen LogP contribution in [0.4, 0.5) is 27.5 Å². The molecule has 50 heavy (non-hydrogen) atoms. The van der Waals surface area contributed by atoms with Crippen molar-refractivity contribution in [3.8, 4) is 0 Å². The zero-order valence-corrected chi connectivity index (χ0v) is 28.5. The first-order valence-electron chi connectivity index (χ1n) is 16.9. The molecule has 5 rings (SSSR count). The van der Waals surface area contributed by atoms with Gasteiger partial charge < -0.3 is 43.9 Å². The second-order valence-corrected chi connectivity index (χ2v) is 11.8. The van der Waals surface area contributed by atoms with Crippen LogP contribution in [0.25, 0.3) is 0 Å². The smallest absolute Gasteiger partial charge is 0.414 e. The number of carbonyl (C=O) groups excluding carboxylic acids is 5. The summed E-state index contributed by atoms with van der Waals surface area (Å²) in [4.78, 5) is 63.2. The lowest BCUT2D eigenvalue weighted by molar-refractivity contribution is -0.147. The monoisotopic (exact) mass is 698 g/mol. The fourth-order valence-electron chi connectivity index (χ4n) is 5.20. The second-order valence-electron chi connectivity index (χ2n) is 11.8. The molecule has 0 spiro atoms. The van der Waals surface area contributed by atoms with E-state index in [2.05, 4.69) is 5.32 Å². The molecule has 3 aliphatic rings. The number of esters is 2. The van der Waals surface area contributed by atoms with Crippen LogP contribution in [-0.4, -0.2) is 113 Å². The van der Waals surface area contributed by atoms with Crippen molar-refractivity contribution in [1.82, 2.24) is 0 Å². The van der Waals surface area contributed by atoms with Gasteiger partial charge in [-0.3, -0.25) is 24.1 Å². The molecule has 15 nitrogen and oxygen atoms in total. The zero-order chi connectivity index (χ0) is 35.9. The van der Waals surface area contributed by atoms with E-state index in [1.807, 2.05) is 38.1 Å². The van der Waals surface area contributed by atoms with Crippen LogP contribution in [0.1, 0.15) is 39.5 Å². The van der Waals surface area contributed by atoms with Gasteiger partial charge in [-0.1, -0.05) is 13.8 Å². The van der Waals surface area contributed by atoms with Crippen LogP contribution < -0.4 is 20.0 Å². The topological polar surface area (TPSA) is 173 Å². The van der Waals surface area contributed by atoms with Crippen molar-refractivity contribution in [3.63, 3.8) is 0 Å².